The van der Waals surface area contributed by atoms with E-state index >= 15 is 0 Å². The molecule has 0 bridgehead atoms. The highest BCUT2D eigenvalue weighted by Gasteiger charge is 2.36. The molecular formula is C13H16N2O5S. The first kappa shape index (κ1) is 14.2. The number of fused-ring (bicyclic) bond motifs is 1. The van der Waals surface area contributed by atoms with Crippen LogP contribution in [-0.2, 0) is 14.8 Å². The molecule has 1 heterocycles. The lowest BCUT2D eigenvalue weighted by Crippen LogP contribution is -2.38. The zero-order valence-electron chi connectivity index (χ0n) is 11.5. The number of anilines is 1. The van der Waals surface area contributed by atoms with Gasteiger partial charge >= 0.3 is 0 Å². The normalized spacial score (nSPS) is 17.0. The number of nitrogens with zero attached hydrogens (tertiary/aromatic N) is 1. The van der Waals surface area contributed by atoms with Crippen LogP contribution in [0.25, 0.3) is 0 Å². The molecule has 8 heteroatoms. The lowest BCUT2D eigenvalue weighted by Gasteiger charge is -2.18. The summed E-state index contributed by atoms with van der Waals surface area (Å²) in [6, 6.07) is 5.00. The monoisotopic (exact) mass is 312 g/mol. The summed E-state index contributed by atoms with van der Waals surface area (Å²) in [6.45, 7) is -0.00574. The van der Waals surface area contributed by atoms with E-state index in [2.05, 4.69) is 5.32 Å². The molecule has 1 amide bonds. The number of carbonyl (C=O) groups excluding carboxylic acids is 1. The van der Waals surface area contributed by atoms with E-state index in [0.29, 0.717) is 17.2 Å². The third-order valence-corrected chi connectivity index (χ3v) is 4.62. The number of sulfonamides is 1. The number of rotatable bonds is 5. The second kappa shape index (κ2) is 5.19. The van der Waals surface area contributed by atoms with Gasteiger partial charge in [-0.15, -0.1) is 0 Å². The van der Waals surface area contributed by atoms with Crippen LogP contribution in [0.5, 0.6) is 11.5 Å². The maximum atomic E-state index is 12.0. The fourth-order valence-electron chi connectivity index (χ4n) is 2.20. The Hall–Kier alpha value is -1.80. The topological polar surface area (TPSA) is 84.9 Å². The summed E-state index contributed by atoms with van der Waals surface area (Å²) in [6.07, 6.45) is 2.74. The molecule has 1 fully saturated rings. The van der Waals surface area contributed by atoms with Crippen LogP contribution in [0.1, 0.15) is 12.8 Å². The highest BCUT2D eigenvalue weighted by atomic mass is 32.2. The highest BCUT2D eigenvalue weighted by molar-refractivity contribution is 7.88. The van der Waals surface area contributed by atoms with E-state index in [-0.39, 0.29) is 25.3 Å². The maximum Gasteiger partial charge on any atom is 0.239 e. The highest BCUT2D eigenvalue weighted by Crippen LogP contribution is 2.34. The van der Waals surface area contributed by atoms with Crippen LogP contribution in [0.2, 0.25) is 0 Å². The van der Waals surface area contributed by atoms with Crippen molar-refractivity contribution in [1.82, 2.24) is 4.31 Å². The number of hydrogen-bond donors (Lipinski definition) is 1. The lowest BCUT2D eigenvalue weighted by atomic mass is 10.3. The molecule has 0 aromatic heterocycles. The van der Waals surface area contributed by atoms with E-state index in [1.54, 1.807) is 18.2 Å². The van der Waals surface area contributed by atoms with Crippen molar-refractivity contribution in [3.63, 3.8) is 0 Å². The molecule has 114 valence electrons. The molecule has 21 heavy (non-hydrogen) atoms. The van der Waals surface area contributed by atoms with Crippen LogP contribution in [0, 0.1) is 0 Å². The smallest absolute Gasteiger partial charge is 0.239 e. The van der Waals surface area contributed by atoms with Gasteiger partial charge in [0.25, 0.3) is 0 Å². The molecule has 1 aliphatic heterocycles. The molecule has 0 unspecified atom stereocenters. The maximum absolute atomic E-state index is 12.0. The summed E-state index contributed by atoms with van der Waals surface area (Å²) >= 11 is 0. The van der Waals surface area contributed by atoms with E-state index < -0.39 is 10.0 Å². The number of carbonyl (C=O) groups is 1. The Bertz CT molecular complexity index is 669. The Kier molecular flexibility index (Phi) is 3.50. The van der Waals surface area contributed by atoms with Crippen molar-refractivity contribution in [3.8, 4) is 11.5 Å². The number of ether oxygens (including phenoxy) is 2. The molecule has 0 atom stereocenters. The molecule has 1 saturated carbocycles. The molecule has 2 aliphatic rings. The zero-order valence-corrected chi connectivity index (χ0v) is 12.4. The summed E-state index contributed by atoms with van der Waals surface area (Å²) in [4.78, 5) is 12.0. The largest absolute Gasteiger partial charge is 0.454 e. The van der Waals surface area contributed by atoms with Gasteiger partial charge in [0.15, 0.2) is 11.5 Å². The van der Waals surface area contributed by atoms with Gasteiger partial charge in [-0.3, -0.25) is 4.79 Å². The Balaban J connectivity index is 1.66. The fraction of sp³-hybridized carbons (Fsp3) is 0.462. The van der Waals surface area contributed by atoms with E-state index in [1.807, 2.05) is 0 Å². The van der Waals surface area contributed by atoms with Crippen molar-refractivity contribution in [2.45, 2.75) is 18.9 Å². The summed E-state index contributed by atoms with van der Waals surface area (Å²) < 4.78 is 35.0. The molecule has 1 aliphatic carbocycles. The number of nitrogens with one attached hydrogen (secondary N) is 1. The van der Waals surface area contributed by atoms with Gasteiger partial charge in [0.2, 0.25) is 22.7 Å². The van der Waals surface area contributed by atoms with Gasteiger partial charge in [-0.05, 0) is 25.0 Å². The van der Waals surface area contributed by atoms with Crippen molar-refractivity contribution in [1.29, 1.82) is 0 Å². The summed E-state index contributed by atoms with van der Waals surface area (Å²) in [5.41, 5.74) is 0.550. The number of amides is 1. The molecule has 1 aromatic rings. The van der Waals surface area contributed by atoms with Crippen LogP contribution in [-0.4, -0.2) is 44.3 Å². The van der Waals surface area contributed by atoms with Crippen molar-refractivity contribution >= 4 is 21.6 Å². The predicted octanol–water partition coefficient (Wildman–Crippen LogP) is 0.778. The van der Waals surface area contributed by atoms with E-state index in [9.17, 15) is 13.2 Å². The van der Waals surface area contributed by atoms with Gasteiger partial charge in [-0.2, -0.15) is 4.31 Å². The molecule has 3 rings (SSSR count). The third kappa shape index (κ3) is 3.27. The first-order valence-electron chi connectivity index (χ1n) is 6.60. The summed E-state index contributed by atoms with van der Waals surface area (Å²) in [5, 5.41) is 2.68. The fourth-order valence-corrected chi connectivity index (χ4v) is 3.30. The second-order valence-electron chi connectivity index (χ2n) is 5.16. The molecule has 7 nitrogen and oxygen atoms in total. The number of benzene rings is 1. The number of hydrogen-bond acceptors (Lipinski definition) is 5. The Labute approximate surface area is 122 Å². The summed E-state index contributed by atoms with van der Waals surface area (Å²) in [7, 11) is -3.37. The van der Waals surface area contributed by atoms with Crippen LogP contribution in [0.4, 0.5) is 5.69 Å². The molecule has 1 aromatic carbocycles. The van der Waals surface area contributed by atoms with E-state index in [1.165, 1.54) is 4.31 Å². The standard InChI is InChI=1S/C13H16N2O5S/c1-21(17,18)15(10-3-4-10)7-13(16)14-9-2-5-11-12(6-9)20-8-19-11/h2,5-6,10H,3-4,7-8H2,1H3,(H,14,16). The third-order valence-electron chi connectivity index (χ3n) is 3.34. The van der Waals surface area contributed by atoms with E-state index in [0.717, 1.165) is 19.1 Å². The van der Waals surface area contributed by atoms with Gasteiger partial charge in [0, 0.05) is 17.8 Å². The van der Waals surface area contributed by atoms with Crippen LogP contribution < -0.4 is 14.8 Å². The van der Waals surface area contributed by atoms with Gasteiger partial charge in [0.1, 0.15) is 0 Å². The first-order valence-corrected chi connectivity index (χ1v) is 8.44. The molecule has 0 radical (unpaired) electrons. The Morgan fingerprint density at radius 2 is 2.05 bits per heavy atom. The predicted molar refractivity (Wildman–Crippen MR) is 75.8 cm³/mol. The van der Waals surface area contributed by atoms with Crippen LogP contribution >= 0.6 is 0 Å². The minimum atomic E-state index is -3.37. The van der Waals surface area contributed by atoms with Gasteiger partial charge in [0.05, 0.1) is 12.8 Å². The molecule has 1 N–H and O–H groups in total. The molecular weight excluding hydrogens is 296 g/mol. The van der Waals surface area contributed by atoms with Crippen molar-refractivity contribution in [2.75, 3.05) is 24.9 Å². The Morgan fingerprint density at radius 3 is 2.71 bits per heavy atom. The minimum Gasteiger partial charge on any atom is -0.454 e. The minimum absolute atomic E-state index is 0.0393. The lowest BCUT2D eigenvalue weighted by molar-refractivity contribution is -0.116. The second-order valence-corrected chi connectivity index (χ2v) is 7.09. The van der Waals surface area contributed by atoms with E-state index in [4.69, 9.17) is 9.47 Å². The van der Waals surface area contributed by atoms with Gasteiger partial charge < -0.3 is 14.8 Å². The van der Waals surface area contributed by atoms with Gasteiger partial charge in [-0.25, -0.2) is 8.42 Å². The molecule has 0 spiro atoms. The average Bonchev–Trinajstić information content (AvgIpc) is 3.12. The quantitative estimate of drug-likeness (QED) is 0.868. The van der Waals surface area contributed by atoms with Crippen LogP contribution in [0.15, 0.2) is 18.2 Å². The average molecular weight is 312 g/mol. The first-order chi connectivity index (χ1) is 9.93. The van der Waals surface area contributed by atoms with Crippen molar-refractivity contribution < 1.29 is 22.7 Å². The Morgan fingerprint density at radius 1 is 1.33 bits per heavy atom. The summed E-state index contributed by atoms with van der Waals surface area (Å²) in [5.74, 6) is 0.824. The van der Waals surface area contributed by atoms with Crippen molar-refractivity contribution in [3.05, 3.63) is 18.2 Å². The zero-order chi connectivity index (χ0) is 15.0. The van der Waals surface area contributed by atoms with Gasteiger partial charge in [-0.1, -0.05) is 0 Å². The van der Waals surface area contributed by atoms with Crippen molar-refractivity contribution in [2.24, 2.45) is 0 Å². The van der Waals surface area contributed by atoms with Crippen LogP contribution in [0.3, 0.4) is 0 Å². The SMILES string of the molecule is CS(=O)(=O)N(CC(=O)Nc1ccc2c(c1)OCO2)C1CC1. The molecule has 0 saturated heterocycles.